The summed E-state index contributed by atoms with van der Waals surface area (Å²) in [6, 6.07) is 0.558. The van der Waals surface area contributed by atoms with Crippen molar-refractivity contribution in [1.29, 1.82) is 0 Å². The van der Waals surface area contributed by atoms with Crippen molar-refractivity contribution in [2.45, 2.75) is 64.5 Å². The van der Waals surface area contributed by atoms with Gasteiger partial charge in [0.05, 0.1) is 6.04 Å². The first kappa shape index (κ1) is 13.5. The van der Waals surface area contributed by atoms with Crippen molar-refractivity contribution in [3.8, 4) is 0 Å². The van der Waals surface area contributed by atoms with Crippen LogP contribution in [0.3, 0.4) is 0 Å². The Morgan fingerprint density at radius 1 is 1.38 bits per heavy atom. The zero-order valence-electron chi connectivity index (χ0n) is 11.0. The molecule has 0 bridgehead atoms. The standard InChI is InChI=1S/C13H26N2O/c1-4-5-6-10-15(3)13(16)12-9-7-8-11(2)14-12/h11-12,14H,4-10H2,1-3H3. The molecule has 0 spiro atoms. The van der Waals surface area contributed by atoms with E-state index in [1.807, 2.05) is 11.9 Å². The fourth-order valence-electron chi connectivity index (χ4n) is 2.31. The molecule has 3 nitrogen and oxygen atoms in total. The number of hydrogen-bond donors (Lipinski definition) is 1. The van der Waals surface area contributed by atoms with Crippen LogP contribution in [0.1, 0.15) is 52.4 Å². The summed E-state index contributed by atoms with van der Waals surface area (Å²) in [5, 5.41) is 3.40. The van der Waals surface area contributed by atoms with Gasteiger partial charge in [-0.1, -0.05) is 19.8 Å². The van der Waals surface area contributed by atoms with Crippen molar-refractivity contribution in [2.75, 3.05) is 13.6 Å². The molecule has 0 saturated carbocycles. The summed E-state index contributed by atoms with van der Waals surface area (Å²) < 4.78 is 0. The predicted molar refractivity (Wildman–Crippen MR) is 67.4 cm³/mol. The van der Waals surface area contributed by atoms with Gasteiger partial charge in [0, 0.05) is 19.6 Å². The fraction of sp³-hybridized carbons (Fsp3) is 0.923. The van der Waals surface area contributed by atoms with Crippen LogP contribution in [-0.4, -0.2) is 36.5 Å². The Morgan fingerprint density at radius 2 is 2.12 bits per heavy atom. The van der Waals surface area contributed by atoms with Gasteiger partial charge >= 0.3 is 0 Å². The van der Waals surface area contributed by atoms with E-state index in [2.05, 4.69) is 19.2 Å². The van der Waals surface area contributed by atoms with Crippen molar-refractivity contribution in [3.63, 3.8) is 0 Å². The molecule has 0 aromatic heterocycles. The fourth-order valence-corrected chi connectivity index (χ4v) is 2.31. The highest BCUT2D eigenvalue weighted by atomic mass is 16.2. The molecule has 1 fully saturated rings. The van der Waals surface area contributed by atoms with E-state index in [0.717, 1.165) is 19.4 Å². The molecule has 1 saturated heterocycles. The van der Waals surface area contributed by atoms with Gasteiger partial charge in [-0.2, -0.15) is 0 Å². The highest BCUT2D eigenvalue weighted by molar-refractivity contribution is 5.81. The maximum Gasteiger partial charge on any atom is 0.239 e. The molecule has 1 aliphatic rings. The molecule has 1 aliphatic heterocycles. The first-order valence-corrected chi connectivity index (χ1v) is 6.66. The molecule has 1 heterocycles. The number of nitrogens with zero attached hydrogens (tertiary/aromatic N) is 1. The second-order valence-electron chi connectivity index (χ2n) is 5.02. The summed E-state index contributed by atoms with van der Waals surface area (Å²) in [7, 11) is 1.93. The third kappa shape index (κ3) is 4.12. The molecule has 94 valence electrons. The van der Waals surface area contributed by atoms with E-state index in [1.54, 1.807) is 0 Å². The Morgan fingerprint density at radius 3 is 2.75 bits per heavy atom. The molecule has 16 heavy (non-hydrogen) atoms. The average molecular weight is 226 g/mol. The van der Waals surface area contributed by atoms with E-state index in [4.69, 9.17) is 0 Å². The van der Waals surface area contributed by atoms with E-state index >= 15 is 0 Å². The van der Waals surface area contributed by atoms with E-state index in [1.165, 1.54) is 25.7 Å². The van der Waals surface area contributed by atoms with E-state index in [0.29, 0.717) is 6.04 Å². The molecule has 3 heteroatoms. The summed E-state index contributed by atoms with van der Waals surface area (Å²) in [5.74, 6) is 0.280. The average Bonchev–Trinajstić information content (AvgIpc) is 2.28. The number of likely N-dealkylation sites (N-methyl/N-ethyl adjacent to an activating group) is 1. The first-order chi connectivity index (χ1) is 7.65. The molecular weight excluding hydrogens is 200 g/mol. The van der Waals surface area contributed by atoms with Crippen molar-refractivity contribution in [1.82, 2.24) is 10.2 Å². The summed E-state index contributed by atoms with van der Waals surface area (Å²) in [6.07, 6.45) is 6.92. The zero-order valence-corrected chi connectivity index (χ0v) is 11.0. The summed E-state index contributed by atoms with van der Waals surface area (Å²) in [5.41, 5.74) is 0. The second kappa shape index (κ2) is 6.89. The van der Waals surface area contributed by atoms with Gasteiger partial charge in [0.2, 0.25) is 5.91 Å². The van der Waals surface area contributed by atoms with Gasteiger partial charge < -0.3 is 10.2 Å². The van der Waals surface area contributed by atoms with E-state index < -0.39 is 0 Å². The molecule has 0 radical (unpaired) electrons. The van der Waals surface area contributed by atoms with Crippen LogP contribution in [0.4, 0.5) is 0 Å². The normalized spacial score (nSPS) is 25.4. The van der Waals surface area contributed by atoms with Crippen LogP contribution in [-0.2, 0) is 4.79 Å². The molecule has 1 rings (SSSR count). The number of nitrogens with one attached hydrogen (secondary N) is 1. The van der Waals surface area contributed by atoms with Crippen LogP contribution in [0.25, 0.3) is 0 Å². The lowest BCUT2D eigenvalue weighted by Crippen LogP contribution is -2.50. The summed E-state index contributed by atoms with van der Waals surface area (Å²) in [6.45, 7) is 5.25. The Hall–Kier alpha value is -0.570. The third-order valence-corrected chi connectivity index (χ3v) is 3.39. The van der Waals surface area contributed by atoms with Crippen LogP contribution in [0, 0.1) is 0 Å². The first-order valence-electron chi connectivity index (χ1n) is 6.66. The minimum atomic E-state index is 0.0652. The van der Waals surface area contributed by atoms with Gasteiger partial charge in [-0.25, -0.2) is 0 Å². The zero-order chi connectivity index (χ0) is 12.0. The molecule has 2 unspecified atom stereocenters. The predicted octanol–water partition coefficient (Wildman–Crippen LogP) is 2.17. The maximum absolute atomic E-state index is 12.1. The van der Waals surface area contributed by atoms with Gasteiger partial charge in [0.25, 0.3) is 0 Å². The van der Waals surface area contributed by atoms with Crippen LogP contribution >= 0.6 is 0 Å². The molecule has 1 amide bonds. The molecule has 1 N–H and O–H groups in total. The highest BCUT2D eigenvalue weighted by Gasteiger charge is 2.26. The van der Waals surface area contributed by atoms with Gasteiger partial charge in [0.1, 0.15) is 0 Å². The van der Waals surface area contributed by atoms with Gasteiger partial charge in [-0.15, -0.1) is 0 Å². The number of rotatable bonds is 5. The van der Waals surface area contributed by atoms with Crippen molar-refractivity contribution >= 4 is 5.91 Å². The molecule has 0 aliphatic carbocycles. The number of hydrogen-bond acceptors (Lipinski definition) is 2. The van der Waals surface area contributed by atoms with Crippen LogP contribution in [0.5, 0.6) is 0 Å². The van der Waals surface area contributed by atoms with Gasteiger partial charge in [-0.05, 0) is 32.6 Å². The third-order valence-electron chi connectivity index (χ3n) is 3.39. The van der Waals surface area contributed by atoms with Crippen molar-refractivity contribution in [2.24, 2.45) is 0 Å². The number of piperidine rings is 1. The minimum Gasteiger partial charge on any atom is -0.344 e. The van der Waals surface area contributed by atoms with Gasteiger partial charge in [0.15, 0.2) is 0 Å². The Labute approximate surface area is 99.6 Å². The summed E-state index contributed by atoms with van der Waals surface area (Å²) >= 11 is 0. The lowest BCUT2D eigenvalue weighted by atomic mass is 9.99. The minimum absolute atomic E-state index is 0.0652. The van der Waals surface area contributed by atoms with Crippen molar-refractivity contribution in [3.05, 3.63) is 0 Å². The monoisotopic (exact) mass is 226 g/mol. The molecule has 0 aromatic rings. The van der Waals surface area contributed by atoms with E-state index in [9.17, 15) is 4.79 Å². The van der Waals surface area contributed by atoms with Crippen LogP contribution < -0.4 is 5.32 Å². The Kier molecular flexibility index (Phi) is 5.81. The maximum atomic E-state index is 12.1. The van der Waals surface area contributed by atoms with Crippen molar-refractivity contribution < 1.29 is 4.79 Å². The molecular formula is C13H26N2O. The largest absolute Gasteiger partial charge is 0.344 e. The molecule has 0 aromatic carbocycles. The quantitative estimate of drug-likeness (QED) is 0.729. The second-order valence-corrected chi connectivity index (χ2v) is 5.02. The van der Waals surface area contributed by atoms with E-state index in [-0.39, 0.29) is 11.9 Å². The van der Waals surface area contributed by atoms with Crippen LogP contribution in [0.2, 0.25) is 0 Å². The topological polar surface area (TPSA) is 32.3 Å². The summed E-state index contributed by atoms with van der Waals surface area (Å²) in [4.78, 5) is 14.0. The number of unbranched alkanes of at least 4 members (excludes halogenated alkanes) is 2. The highest BCUT2D eigenvalue weighted by Crippen LogP contribution is 2.14. The van der Waals surface area contributed by atoms with Gasteiger partial charge in [-0.3, -0.25) is 4.79 Å². The smallest absolute Gasteiger partial charge is 0.239 e. The SMILES string of the molecule is CCCCCN(C)C(=O)C1CCCC(C)N1. The lowest BCUT2D eigenvalue weighted by molar-refractivity contribution is -0.133. The Bertz CT molecular complexity index is 218. The lowest BCUT2D eigenvalue weighted by Gasteiger charge is -2.31. The number of carbonyl (C=O) groups excluding carboxylic acids is 1. The Balaban J connectivity index is 2.31. The van der Waals surface area contributed by atoms with Crippen LogP contribution in [0.15, 0.2) is 0 Å². The number of carbonyl (C=O) groups is 1. The number of amides is 1. The molecule has 2 atom stereocenters.